The minimum absolute atomic E-state index is 0.0139. The van der Waals surface area contributed by atoms with Gasteiger partial charge in [0, 0.05) is 49.9 Å². The Hall–Kier alpha value is -2.96. The molecule has 1 aromatic heterocycles. The molecule has 0 atom stereocenters. The average molecular weight is 370 g/mol. The van der Waals surface area contributed by atoms with Crippen LogP contribution >= 0.6 is 0 Å². The number of piperazine rings is 1. The van der Waals surface area contributed by atoms with Gasteiger partial charge in [-0.2, -0.15) is 0 Å². The van der Waals surface area contributed by atoms with Crippen LogP contribution in [0.2, 0.25) is 0 Å². The van der Waals surface area contributed by atoms with Crippen LogP contribution in [0.4, 0.5) is 21.9 Å². The van der Waals surface area contributed by atoms with Gasteiger partial charge >= 0.3 is 6.09 Å². The molecule has 0 bridgehead atoms. The number of nitrogens with one attached hydrogen (secondary N) is 1. The zero-order valence-corrected chi connectivity index (χ0v) is 16.0. The number of carbonyl (C=O) groups is 1. The highest BCUT2D eigenvalue weighted by molar-refractivity contribution is 5.88. The van der Waals surface area contributed by atoms with E-state index >= 15 is 0 Å². The second-order valence-electron chi connectivity index (χ2n) is 7.51. The van der Waals surface area contributed by atoms with Crippen LogP contribution < -0.4 is 15.1 Å². The second-order valence-corrected chi connectivity index (χ2v) is 7.51. The molecule has 7 nitrogen and oxygen atoms in total. The van der Waals surface area contributed by atoms with Crippen molar-refractivity contribution >= 4 is 23.2 Å². The summed E-state index contributed by atoms with van der Waals surface area (Å²) < 4.78 is 5.26. The molecular weight excluding hydrogens is 344 g/mol. The monoisotopic (exact) mass is 370 g/mol. The third-order valence-corrected chi connectivity index (χ3v) is 4.29. The number of anilines is 3. The lowest BCUT2D eigenvalue weighted by molar-refractivity contribution is 0.0635. The van der Waals surface area contributed by atoms with E-state index < -0.39 is 11.7 Å². The average Bonchev–Trinajstić information content (AvgIpc) is 2.63. The van der Waals surface area contributed by atoms with Crippen molar-refractivity contribution in [3.05, 3.63) is 42.7 Å². The summed E-state index contributed by atoms with van der Waals surface area (Å²) in [5.74, 6) is 0.0139. The number of ether oxygens (including phenoxy) is 1. The van der Waals surface area contributed by atoms with E-state index in [1.54, 1.807) is 45.3 Å². The standard InChI is InChI=1S/C20H26N4O3/c1-20(2,3)27-19(26)22-17-14-16(4-5-18(17)25)24-12-10-23(11-13-24)15-6-8-21-9-7-15/h4-9,14,25H,10-13H2,1-3H3,(H,22,26). The number of aromatic nitrogens is 1. The summed E-state index contributed by atoms with van der Waals surface area (Å²) in [7, 11) is 0. The van der Waals surface area contributed by atoms with Crippen molar-refractivity contribution in [2.24, 2.45) is 0 Å². The summed E-state index contributed by atoms with van der Waals surface area (Å²) >= 11 is 0. The van der Waals surface area contributed by atoms with Gasteiger partial charge in [-0.25, -0.2) is 4.79 Å². The maximum atomic E-state index is 12.0. The predicted molar refractivity (Wildman–Crippen MR) is 107 cm³/mol. The van der Waals surface area contributed by atoms with Crippen molar-refractivity contribution in [1.29, 1.82) is 0 Å². The summed E-state index contributed by atoms with van der Waals surface area (Å²) in [6, 6.07) is 9.26. The molecule has 7 heteroatoms. The Balaban J connectivity index is 1.65. The summed E-state index contributed by atoms with van der Waals surface area (Å²) in [6.45, 7) is 8.86. The van der Waals surface area contributed by atoms with Crippen molar-refractivity contribution in [3.63, 3.8) is 0 Å². The Bertz CT molecular complexity index is 782. The van der Waals surface area contributed by atoms with Crippen molar-refractivity contribution in [2.75, 3.05) is 41.3 Å². The molecule has 1 aromatic carbocycles. The van der Waals surface area contributed by atoms with Crippen LogP contribution in [0.5, 0.6) is 5.75 Å². The van der Waals surface area contributed by atoms with Gasteiger partial charge in [-0.15, -0.1) is 0 Å². The number of rotatable bonds is 3. The number of hydrogen-bond donors (Lipinski definition) is 2. The maximum Gasteiger partial charge on any atom is 0.412 e. The van der Waals surface area contributed by atoms with Crippen LogP contribution in [-0.4, -0.2) is 48.0 Å². The van der Waals surface area contributed by atoms with Gasteiger partial charge in [-0.05, 0) is 51.1 Å². The number of carbonyl (C=O) groups excluding carboxylic acids is 1. The maximum absolute atomic E-state index is 12.0. The first-order chi connectivity index (χ1) is 12.8. The second kappa shape index (κ2) is 7.73. The summed E-state index contributed by atoms with van der Waals surface area (Å²) in [5, 5.41) is 12.7. The van der Waals surface area contributed by atoms with E-state index in [0.29, 0.717) is 5.69 Å². The zero-order chi connectivity index (χ0) is 19.4. The number of benzene rings is 1. The topological polar surface area (TPSA) is 77.9 Å². The molecule has 27 heavy (non-hydrogen) atoms. The quantitative estimate of drug-likeness (QED) is 0.806. The molecule has 0 radical (unpaired) electrons. The number of phenols is 1. The first-order valence-corrected chi connectivity index (χ1v) is 9.05. The number of phenolic OH excluding ortho intramolecular Hbond substituents is 1. The molecule has 144 valence electrons. The Morgan fingerprint density at radius 3 is 2.22 bits per heavy atom. The van der Waals surface area contributed by atoms with E-state index in [4.69, 9.17) is 4.74 Å². The largest absolute Gasteiger partial charge is 0.506 e. The highest BCUT2D eigenvalue weighted by atomic mass is 16.6. The number of aromatic hydroxyl groups is 1. The van der Waals surface area contributed by atoms with Gasteiger partial charge in [0.15, 0.2) is 0 Å². The number of amides is 1. The van der Waals surface area contributed by atoms with Gasteiger partial charge in [0.1, 0.15) is 11.4 Å². The SMILES string of the molecule is CC(C)(C)OC(=O)Nc1cc(N2CCN(c3ccncc3)CC2)ccc1O. The van der Waals surface area contributed by atoms with Crippen LogP contribution in [0.15, 0.2) is 42.7 Å². The predicted octanol–water partition coefficient (Wildman–Crippen LogP) is 3.46. The van der Waals surface area contributed by atoms with Gasteiger partial charge in [0.25, 0.3) is 0 Å². The van der Waals surface area contributed by atoms with Crippen LogP contribution in [0.25, 0.3) is 0 Å². The highest BCUT2D eigenvalue weighted by Crippen LogP contribution is 2.30. The normalized spacial score (nSPS) is 14.8. The molecule has 0 aliphatic carbocycles. The Morgan fingerprint density at radius 2 is 1.63 bits per heavy atom. The van der Waals surface area contributed by atoms with Gasteiger partial charge in [0.05, 0.1) is 5.69 Å². The van der Waals surface area contributed by atoms with Gasteiger partial charge < -0.3 is 19.6 Å². The molecule has 0 spiro atoms. The molecule has 0 unspecified atom stereocenters. The molecular formula is C20H26N4O3. The fourth-order valence-corrected chi connectivity index (χ4v) is 3.01. The van der Waals surface area contributed by atoms with E-state index in [-0.39, 0.29) is 5.75 Å². The van der Waals surface area contributed by atoms with Crippen LogP contribution in [0.1, 0.15) is 20.8 Å². The lowest BCUT2D eigenvalue weighted by Crippen LogP contribution is -2.46. The van der Waals surface area contributed by atoms with E-state index in [1.807, 2.05) is 18.2 Å². The Labute approximate surface area is 159 Å². The molecule has 1 aliphatic rings. The molecule has 1 fully saturated rings. The molecule has 1 saturated heterocycles. The molecule has 2 heterocycles. The molecule has 2 aromatic rings. The Morgan fingerprint density at radius 1 is 1.04 bits per heavy atom. The smallest absolute Gasteiger partial charge is 0.412 e. The van der Waals surface area contributed by atoms with Gasteiger partial charge in [0.2, 0.25) is 0 Å². The number of pyridine rings is 1. The van der Waals surface area contributed by atoms with Crippen LogP contribution in [0.3, 0.4) is 0 Å². The van der Waals surface area contributed by atoms with Gasteiger partial charge in [-0.3, -0.25) is 10.3 Å². The summed E-state index contributed by atoms with van der Waals surface area (Å²) in [5.41, 5.74) is 1.87. The van der Waals surface area contributed by atoms with E-state index in [2.05, 4.69) is 20.1 Å². The van der Waals surface area contributed by atoms with Crippen molar-refractivity contribution in [2.45, 2.75) is 26.4 Å². The molecule has 2 N–H and O–H groups in total. The third kappa shape index (κ3) is 5.03. The summed E-state index contributed by atoms with van der Waals surface area (Å²) in [4.78, 5) is 20.6. The summed E-state index contributed by atoms with van der Waals surface area (Å²) in [6.07, 6.45) is 3.02. The Kier molecular flexibility index (Phi) is 5.39. The van der Waals surface area contributed by atoms with Crippen LogP contribution in [0, 0.1) is 0 Å². The van der Waals surface area contributed by atoms with Crippen molar-refractivity contribution in [1.82, 2.24) is 4.98 Å². The lowest BCUT2D eigenvalue weighted by atomic mass is 10.2. The number of nitrogens with zero attached hydrogens (tertiary/aromatic N) is 3. The number of hydrogen-bond acceptors (Lipinski definition) is 6. The molecule has 3 rings (SSSR count). The third-order valence-electron chi connectivity index (χ3n) is 4.29. The molecule has 0 saturated carbocycles. The minimum Gasteiger partial charge on any atom is -0.506 e. The van der Waals surface area contributed by atoms with Crippen LogP contribution in [-0.2, 0) is 4.74 Å². The lowest BCUT2D eigenvalue weighted by Gasteiger charge is -2.37. The van der Waals surface area contributed by atoms with Gasteiger partial charge in [-0.1, -0.05) is 0 Å². The first kappa shape index (κ1) is 18.8. The minimum atomic E-state index is -0.597. The first-order valence-electron chi connectivity index (χ1n) is 9.05. The van der Waals surface area contributed by atoms with E-state index in [0.717, 1.165) is 31.9 Å². The van der Waals surface area contributed by atoms with E-state index in [1.165, 1.54) is 5.69 Å². The van der Waals surface area contributed by atoms with E-state index in [9.17, 15) is 9.90 Å². The highest BCUT2D eigenvalue weighted by Gasteiger charge is 2.20. The van der Waals surface area contributed by atoms with Crippen molar-refractivity contribution in [3.8, 4) is 5.75 Å². The zero-order valence-electron chi connectivity index (χ0n) is 16.0. The van der Waals surface area contributed by atoms with Crippen molar-refractivity contribution < 1.29 is 14.6 Å². The molecule has 1 amide bonds. The fourth-order valence-electron chi connectivity index (χ4n) is 3.01. The molecule has 1 aliphatic heterocycles. The fraction of sp³-hybridized carbons (Fsp3) is 0.400.